The first kappa shape index (κ1) is 19.2. The molecule has 1 spiro atoms. The molecule has 1 atom stereocenters. The van der Waals surface area contributed by atoms with Gasteiger partial charge in [-0.25, -0.2) is 14.8 Å². The summed E-state index contributed by atoms with van der Waals surface area (Å²) in [7, 11) is 0. The normalized spacial score (nSPS) is 20.9. The van der Waals surface area contributed by atoms with Crippen LogP contribution in [-0.2, 0) is 11.3 Å². The Labute approximate surface area is 172 Å². The molecular weight excluding hydrogens is 424 g/mol. The van der Waals surface area contributed by atoms with Crippen LogP contribution < -0.4 is 10.2 Å². The molecule has 0 radical (unpaired) electrons. The third-order valence-electron chi connectivity index (χ3n) is 5.47. The zero-order valence-electron chi connectivity index (χ0n) is 16.4. The lowest BCUT2D eigenvalue weighted by atomic mass is 9.73. The minimum Gasteiger partial charge on any atom is -0.444 e. The van der Waals surface area contributed by atoms with Crippen LogP contribution in [0.3, 0.4) is 0 Å². The smallest absolute Gasteiger partial charge is 0.408 e. The summed E-state index contributed by atoms with van der Waals surface area (Å²) in [5, 5.41) is 7.57. The van der Waals surface area contributed by atoms with E-state index in [0.717, 1.165) is 48.6 Å². The Kier molecular flexibility index (Phi) is 4.81. The van der Waals surface area contributed by atoms with E-state index in [1.807, 2.05) is 31.5 Å². The summed E-state index contributed by atoms with van der Waals surface area (Å²) in [6.07, 6.45) is 6.77. The van der Waals surface area contributed by atoms with Gasteiger partial charge in [-0.3, -0.25) is 4.68 Å². The molecule has 0 saturated carbocycles. The molecular formula is C19H25BrN6O2. The van der Waals surface area contributed by atoms with E-state index in [1.54, 1.807) is 18.6 Å². The molecule has 0 unspecified atom stereocenters. The van der Waals surface area contributed by atoms with Crippen molar-refractivity contribution in [2.45, 2.75) is 51.8 Å². The number of hydrogen-bond acceptors (Lipinski definition) is 6. The molecule has 1 saturated heterocycles. The Bertz CT molecular complexity index is 852. The number of nitrogens with zero attached hydrogens (tertiary/aromatic N) is 5. The van der Waals surface area contributed by atoms with Gasteiger partial charge in [-0.05, 0) is 55.6 Å². The van der Waals surface area contributed by atoms with Crippen LogP contribution in [0, 0.1) is 5.41 Å². The number of piperidine rings is 1. The zero-order valence-corrected chi connectivity index (χ0v) is 17.9. The molecule has 2 aliphatic heterocycles. The molecule has 0 aliphatic carbocycles. The maximum atomic E-state index is 12.5. The fraction of sp³-hybridized carbons (Fsp3) is 0.579. The number of alkyl carbamates (subject to hydrolysis) is 1. The predicted molar refractivity (Wildman–Crippen MR) is 108 cm³/mol. The van der Waals surface area contributed by atoms with Crippen molar-refractivity contribution in [1.82, 2.24) is 25.1 Å². The molecule has 1 amide bonds. The molecule has 2 aromatic rings. The molecule has 9 heteroatoms. The number of halogens is 1. The number of carbonyl (C=O) groups is 1. The number of nitrogens with one attached hydrogen (secondary N) is 1. The van der Waals surface area contributed by atoms with Gasteiger partial charge in [-0.15, -0.1) is 0 Å². The molecule has 4 rings (SSSR count). The maximum Gasteiger partial charge on any atom is 0.408 e. The third kappa shape index (κ3) is 3.72. The number of hydrogen-bond donors (Lipinski definition) is 1. The Hall–Kier alpha value is -2.16. The van der Waals surface area contributed by atoms with E-state index < -0.39 is 5.60 Å². The first-order valence-electron chi connectivity index (χ1n) is 9.50. The highest BCUT2D eigenvalue weighted by molar-refractivity contribution is 9.10. The average molecular weight is 449 g/mol. The lowest BCUT2D eigenvalue weighted by Crippen LogP contribution is -2.48. The Morgan fingerprint density at radius 2 is 2.04 bits per heavy atom. The fourth-order valence-electron chi connectivity index (χ4n) is 4.17. The highest BCUT2D eigenvalue weighted by Crippen LogP contribution is 2.49. The molecule has 4 heterocycles. The van der Waals surface area contributed by atoms with Crippen molar-refractivity contribution in [2.75, 3.05) is 18.0 Å². The van der Waals surface area contributed by atoms with Crippen molar-refractivity contribution in [1.29, 1.82) is 0 Å². The lowest BCUT2D eigenvalue weighted by molar-refractivity contribution is 0.0423. The van der Waals surface area contributed by atoms with Crippen LogP contribution in [0.5, 0.6) is 0 Å². The van der Waals surface area contributed by atoms with Gasteiger partial charge >= 0.3 is 6.09 Å². The molecule has 1 N–H and O–H groups in total. The van der Waals surface area contributed by atoms with Crippen LogP contribution in [0.15, 0.2) is 29.3 Å². The summed E-state index contributed by atoms with van der Waals surface area (Å²) in [5.74, 6) is 0.880. The monoisotopic (exact) mass is 448 g/mol. The second-order valence-electron chi connectivity index (χ2n) is 8.54. The summed E-state index contributed by atoms with van der Waals surface area (Å²) >= 11 is 3.33. The van der Waals surface area contributed by atoms with Crippen molar-refractivity contribution in [3.63, 3.8) is 0 Å². The maximum absolute atomic E-state index is 12.5. The SMILES string of the molecule is CC(C)(C)OC(=O)N[C@@H]1c2ccnn2CC12CCN(c1cnc(Br)cn1)CC2. The number of rotatable bonds is 2. The quantitative estimate of drug-likeness (QED) is 0.758. The van der Waals surface area contributed by atoms with Crippen molar-refractivity contribution in [3.05, 3.63) is 35.0 Å². The van der Waals surface area contributed by atoms with E-state index in [4.69, 9.17) is 4.74 Å². The molecule has 150 valence electrons. The van der Waals surface area contributed by atoms with Gasteiger partial charge in [0.15, 0.2) is 0 Å². The predicted octanol–water partition coefficient (Wildman–Crippen LogP) is 3.30. The van der Waals surface area contributed by atoms with Gasteiger partial charge in [-0.1, -0.05) is 0 Å². The van der Waals surface area contributed by atoms with Gasteiger partial charge in [-0.2, -0.15) is 5.10 Å². The van der Waals surface area contributed by atoms with Crippen LogP contribution >= 0.6 is 15.9 Å². The summed E-state index contributed by atoms with van der Waals surface area (Å²) in [4.78, 5) is 23.5. The number of anilines is 1. The Balaban J connectivity index is 1.50. The van der Waals surface area contributed by atoms with Crippen molar-refractivity contribution < 1.29 is 9.53 Å². The van der Waals surface area contributed by atoms with E-state index in [2.05, 4.69) is 41.2 Å². The van der Waals surface area contributed by atoms with Crippen LogP contribution in [0.1, 0.15) is 45.3 Å². The summed E-state index contributed by atoms with van der Waals surface area (Å²) in [6.45, 7) is 8.13. The Morgan fingerprint density at radius 1 is 1.29 bits per heavy atom. The Morgan fingerprint density at radius 3 is 2.68 bits per heavy atom. The van der Waals surface area contributed by atoms with Crippen molar-refractivity contribution in [3.8, 4) is 0 Å². The number of ether oxygens (including phenoxy) is 1. The average Bonchev–Trinajstić information content (AvgIpc) is 3.16. The van der Waals surface area contributed by atoms with E-state index >= 15 is 0 Å². The summed E-state index contributed by atoms with van der Waals surface area (Å²) < 4.78 is 8.25. The molecule has 28 heavy (non-hydrogen) atoms. The molecule has 8 nitrogen and oxygen atoms in total. The van der Waals surface area contributed by atoms with Gasteiger partial charge < -0.3 is 15.0 Å². The second-order valence-corrected chi connectivity index (χ2v) is 9.35. The van der Waals surface area contributed by atoms with Crippen molar-refractivity contribution in [2.24, 2.45) is 5.41 Å². The third-order valence-corrected chi connectivity index (χ3v) is 5.88. The molecule has 1 fully saturated rings. The fourth-order valence-corrected chi connectivity index (χ4v) is 4.38. The first-order chi connectivity index (χ1) is 13.3. The molecule has 2 aromatic heterocycles. The first-order valence-corrected chi connectivity index (χ1v) is 10.3. The largest absolute Gasteiger partial charge is 0.444 e. The summed E-state index contributed by atoms with van der Waals surface area (Å²) in [5.41, 5.74) is 0.446. The van der Waals surface area contributed by atoms with Gasteiger partial charge in [0.25, 0.3) is 0 Å². The van der Waals surface area contributed by atoms with Gasteiger partial charge in [0.1, 0.15) is 16.0 Å². The molecule has 0 bridgehead atoms. The molecule has 0 aromatic carbocycles. The number of aromatic nitrogens is 4. The van der Waals surface area contributed by atoms with E-state index in [-0.39, 0.29) is 17.6 Å². The number of carbonyl (C=O) groups excluding carboxylic acids is 1. The molecule has 2 aliphatic rings. The lowest BCUT2D eigenvalue weighted by Gasteiger charge is -2.42. The highest BCUT2D eigenvalue weighted by atomic mass is 79.9. The number of fused-ring (bicyclic) bond motifs is 1. The highest BCUT2D eigenvalue weighted by Gasteiger charge is 2.49. The van der Waals surface area contributed by atoms with Gasteiger partial charge in [0, 0.05) is 31.2 Å². The van der Waals surface area contributed by atoms with Crippen molar-refractivity contribution >= 4 is 27.8 Å². The van der Waals surface area contributed by atoms with Crippen LogP contribution in [0.2, 0.25) is 0 Å². The minimum atomic E-state index is -0.528. The van der Waals surface area contributed by atoms with Gasteiger partial charge in [0.2, 0.25) is 0 Å². The van der Waals surface area contributed by atoms with Crippen LogP contribution in [-0.4, -0.2) is 44.5 Å². The summed E-state index contributed by atoms with van der Waals surface area (Å²) in [6, 6.07) is 1.88. The standard InChI is InChI=1S/C19H25BrN6O2/c1-18(2,3)28-17(27)24-16-13-4-7-23-26(13)12-19(16)5-8-25(9-6-19)15-11-21-14(20)10-22-15/h4,7,10-11,16H,5-6,8-9,12H2,1-3H3,(H,24,27)/t16-/m1/s1. The number of amides is 1. The minimum absolute atomic E-state index is 0.0697. The van der Waals surface area contributed by atoms with E-state index in [0.29, 0.717) is 0 Å². The van der Waals surface area contributed by atoms with E-state index in [1.165, 1.54) is 0 Å². The van der Waals surface area contributed by atoms with Gasteiger partial charge in [0.05, 0.1) is 24.1 Å². The zero-order chi connectivity index (χ0) is 19.9. The van der Waals surface area contributed by atoms with Crippen LogP contribution in [0.25, 0.3) is 0 Å². The van der Waals surface area contributed by atoms with E-state index in [9.17, 15) is 4.79 Å². The topological polar surface area (TPSA) is 85.2 Å². The van der Waals surface area contributed by atoms with Crippen LogP contribution in [0.4, 0.5) is 10.6 Å². The second kappa shape index (κ2) is 7.02.